The molecular weight excluding hydrogens is 361 g/mol. The van der Waals surface area contributed by atoms with Crippen LogP contribution in [0.4, 0.5) is 4.39 Å². The molecule has 0 saturated carbocycles. The number of nitrogens with one attached hydrogen (secondary N) is 1. The Morgan fingerprint density at radius 3 is 3.00 bits per heavy atom. The van der Waals surface area contributed by atoms with Crippen molar-refractivity contribution >= 4 is 12.4 Å². The minimum Gasteiger partial charge on any atom is -0.482 e. The molecule has 3 aromatic rings. The van der Waals surface area contributed by atoms with Crippen LogP contribution in [0.25, 0.3) is 11.6 Å². The topological polar surface area (TPSA) is 78.0 Å². The van der Waals surface area contributed by atoms with Crippen molar-refractivity contribution < 1.29 is 13.7 Å². The molecule has 1 N–H and O–H groups in total. The molecule has 26 heavy (non-hydrogen) atoms. The first kappa shape index (κ1) is 18.3. The number of piperidine rings is 1. The maximum absolute atomic E-state index is 13.5. The van der Waals surface area contributed by atoms with Gasteiger partial charge in [0.1, 0.15) is 0 Å². The van der Waals surface area contributed by atoms with Crippen LogP contribution in [0.2, 0.25) is 0 Å². The maximum Gasteiger partial charge on any atom is 0.278 e. The fourth-order valence-corrected chi connectivity index (χ4v) is 2.84. The lowest BCUT2D eigenvalue weighted by molar-refractivity contribution is 0.274. The van der Waals surface area contributed by atoms with Crippen LogP contribution in [-0.2, 0) is 6.61 Å². The second-order valence-corrected chi connectivity index (χ2v) is 5.92. The SMILES string of the molecule is Cl.Fc1ccccc1OCc1noc(-c2ccn(C3CCCNC3)n2)n1. The van der Waals surface area contributed by atoms with Crippen LogP contribution < -0.4 is 10.1 Å². The molecule has 138 valence electrons. The molecule has 1 fully saturated rings. The summed E-state index contributed by atoms with van der Waals surface area (Å²) in [4.78, 5) is 4.27. The van der Waals surface area contributed by atoms with E-state index in [4.69, 9.17) is 9.26 Å². The van der Waals surface area contributed by atoms with E-state index >= 15 is 0 Å². The molecule has 7 nitrogen and oxygen atoms in total. The molecule has 1 aromatic carbocycles. The molecule has 1 atom stereocenters. The molecule has 1 unspecified atom stereocenters. The highest BCUT2D eigenvalue weighted by molar-refractivity contribution is 5.85. The van der Waals surface area contributed by atoms with Gasteiger partial charge in [-0.3, -0.25) is 4.68 Å². The molecular formula is C17H19ClFN5O2. The minimum atomic E-state index is -0.425. The van der Waals surface area contributed by atoms with Gasteiger partial charge in [0.15, 0.2) is 23.9 Å². The van der Waals surface area contributed by atoms with Gasteiger partial charge in [-0.15, -0.1) is 12.4 Å². The second-order valence-electron chi connectivity index (χ2n) is 5.92. The standard InChI is InChI=1S/C17H18FN5O2.ClH/c18-13-5-1-2-6-15(13)24-11-16-20-17(25-22-16)14-7-9-23(21-14)12-4-3-8-19-10-12;/h1-2,5-7,9,12,19H,3-4,8,10-11H2;1H. The van der Waals surface area contributed by atoms with E-state index in [0.29, 0.717) is 23.5 Å². The lowest BCUT2D eigenvalue weighted by Crippen LogP contribution is -2.31. The number of hydrogen-bond acceptors (Lipinski definition) is 6. The van der Waals surface area contributed by atoms with Gasteiger partial charge in [-0.25, -0.2) is 4.39 Å². The Hall–Kier alpha value is -2.45. The van der Waals surface area contributed by atoms with Crippen LogP contribution in [0.5, 0.6) is 5.75 Å². The van der Waals surface area contributed by atoms with Crippen LogP contribution in [0.3, 0.4) is 0 Å². The van der Waals surface area contributed by atoms with Gasteiger partial charge in [-0.05, 0) is 37.6 Å². The summed E-state index contributed by atoms with van der Waals surface area (Å²) in [6.45, 7) is 1.99. The average Bonchev–Trinajstić information content (AvgIpc) is 3.31. The molecule has 3 heterocycles. The summed E-state index contributed by atoms with van der Waals surface area (Å²) >= 11 is 0. The van der Waals surface area contributed by atoms with Crippen LogP contribution in [-0.4, -0.2) is 33.0 Å². The number of aromatic nitrogens is 4. The Morgan fingerprint density at radius 2 is 2.19 bits per heavy atom. The van der Waals surface area contributed by atoms with Crippen molar-refractivity contribution in [2.24, 2.45) is 0 Å². The third-order valence-corrected chi connectivity index (χ3v) is 4.13. The summed E-state index contributed by atoms with van der Waals surface area (Å²) in [6.07, 6.45) is 4.16. The molecule has 0 aliphatic carbocycles. The Bertz CT molecular complexity index is 847. The van der Waals surface area contributed by atoms with Gasteiger partial charge in [-0.2, -0.15) is 10.1 Å². The lowest BCUT2D eigenvalue weighted by Gasteiger charge is -2.22. The smallest absolute Gasteiger partial charge is 0.278 e. The molecule has 1 aliphatic heterocycles. The van der Waals surface area contributed by atoms with Gasteiger partial charge < -0.3 is 14.6 Å². The first-order valence-electron chi connectivity index (χ1n) is 8.26. The molecule has 1 aliphatic rings. The van der Waals surface area contributed by atoms with Crippen molar-refractivity contribution in [2.45, 2.75) is 25.5 Å². The summed E-state index contributed by atoms with van der Waals surface area (Å²) in [7, 11) is 0. The molecule has 2 aromatic heterocycles. The fourth-order valence-electron chi connectivity index (χ4n) is 2.84. The highest BCUT2D eigenvalue weighted by atomic mass is 35.5. The van der Waals surface area contributed by atoms with Crippen LogP contribution in [0.15, 0.2) is 41.1 Å². The van der Waals surface area contributed by atoms with Crippen molar-refractivity contribution in [3.63, 3.8) is 0 Å². The van der Waals surface area contributed by atoms with Crippen molar-refractivity contribution in [1.82, 2.24) is 25.2 Å². The van der Waals surface area contributed by atoms with Crippen molar-refractivity contribution in [3.8, 4) is 17.3 Å². The summed E-state index contributed by atoms with van der Waals surface area (Å²) in [5, 5.41) is 11.8. The van der Waals surface area contributed by atoms with E-state index in [2.05, 4.69) is 20.6 Å². The Kier molecular flexibility index (Phi) is 5.85. The highest BCUT2D eigenvalue weighted by Crippen LogP contribution is 2.21. The van der Waals surface area contributed by atoms with Crippen molar-refractivity contribution in [3.05, 3.63) is 48.2 Å². The van der Waals surface area contributed by atoms with Crippen molar-refractivity contribution in [1.29, 1.82) is 0 Å². The number of rotatable bonds is 5. The summed E-state index contributed by atoms with van der Waals surface area (Å²) < 4.78 is 26.1. The van der Waals surface area contributed by atoms with E-state index in [9.17, 15) is 4.39 Å². The lowest BCUT2D eigenvalue weighted by atomic mass is 10.1. The Morgan fingerprint density at radius 1 is 1.31 bits per heavy atom. The zero-order valence-corrected chi connectivity index (χ0v) is 14.8. The van der Waals surface area contributed by atoms with Gasteiger partial charge in [-0.1, -0.05) is 17.3 Å². The molecule has 0 amide bonds. The van der Waals surface area contributed by atoms with E-state index in [1.807, 2.05) is 16.9 Å². The third-order valence-electron chi connectivity index (χ3n) is 4.13. The molecule has 4 rings (SSSR count). The van der Waals surface area contributed by atoms with E-state index in [-0.39, 0.29) is 24.8 Å². The molecule has 1 saturated heterocycles. The van der Waals surface area contributed by atoms with Gasteiger partial charge >= 0.3 is 0 Å². The van der Waals surface area contributed by atoms with Gasteiger partial charge in [0.2, 0.25) is 5.82 Å². The van der Waals surface area contributed by atoms with Gasteiger partial charge in [0, 0.05) is 12.7 Å². The van der Waals surface area contributed by atoms with E-state index < -0.39 is 5.82 Å². The largest absolute Gasteiger partial charge is 0.482 e. The predicted octanol–water partition coefficient (Wildman–Crippen LogP) is 3.00. The fraction of sp³-hybridized carbons (Fsp3) is 0.353. The Labute approximate surface area is 156 Å². The highest BCUT2D eigenvalue weighted by Gasteiger charge is 2.18. The van der Waals surface area contributed by atoms with Crippen molar-refractivity contribution in [2.75, 3.05) is 13.1 Å². The molecule has 0 radical (unpaired) electrons. The second kappa shape index (κ2) is 8.29. The van der Waals surface area contributed by atoms with Gasteiger partial charge in [0.05, 0.1) is 6.04 Å². The first-order chi connectivity index (χ1) is 12.3. The van der Waals surface area contributed by atoms with Crippen LogP contribution in [0.1, 0.15) is 24.7 Å². The number of halogens is 2. The summed E-state index contributed by atoms with van der Waals surface area (Å²) in [5.74, 6) is 0.399. The number of nitrogens with zero attached hydrogens (tertiary/aromatic N) is 4. The zero-order valence-electron chi connectivity index (χ0n) is 14.0. The summed E-state index contributed by atoms with van der Waals surface area (Å²) in [6, 6.07) is 8.39. The number of para-hydroxylation sites is 1. The monoisotopic (exact) mass is 379 g/mol. The first-order valence-corrected chi connectivity index (χ1v) is 8.26. The molecule has 9 heteroatoms. The normalized spacial score (nSPS) is 16.9. The third kappa shape index (κ3) is 4.03. The molecule has 0 bridgehead atoms. The van der Waals surface area contributed by atoms with E-state index in [1.165, 1.54) is 6.07 Å². The van der Waals surface area contributed by atoms with Gasteiger partial charge in [0.25, 0.3) is 5.89 Å². The maximum atomic E-state index is 13.5. The minimum absolute atomic E-state index is 0. The molecule has 0 spiro atoms. The van der Waals surface area contributed by atoms with E-state index in [1.54, 1.807) is 18.2 Å². The number of benzene rings is 1. The number of hydrogen-bond donors (Lipinski definition) is 1. The van der Waals surface area contributed by atoms with Crippen LogP contribution in [0, 0.1) is 5.82 Å². The zero-order chi connectivity index (χ0) is 17.1. The van der Waals surface area contributed by atoms with Crippen LogP contribution >= 0.6 is 12.4 Å². The summed E-state index contributed by atoms with van der Waals surface area (Å²) in [5.41, 5.74) is 0.621. The number of ether oxygens (including phenoxy) is 1. The average molecular weight is 380 g/mol. The Balaban J connectivity index is 0.00000196. The quantitative estimate of drug-likeness (QED) is 0.734. The predicted molar refractivity (Wildman–Crippen MR) is 94.6 cm³/mol. The van der Waals surface area contributed by atoms with E-state index in [0.717, 1.165) is 25.9 Å².